The standard InChI is InChI=1S/C27H31FN4O/c28-23-7-2-8-24(17-23)30-26(33)32(14-4-13-31-11-3-12-31)25-9-10-27(18-22(27)16-25)21-6-1-5-20(15-21)19-29/h1-2,5-8,15,17,22,25H,3-4,9-14,16,18H2,(H,30,33)/t22?,25-,27-/m1/s1. The van der Waals surface area contributed by atoms with Crippen LogP contribution in [0.1, 0.15) is 49.7 Å². The Hall–Kier alpha value is -2.91. The van der Waals surface area contributed by atoms with Crippen LogP contribution in [-0.2, 0) is 5.41 Å². The Balaban J connectivity index is 1.27. The van der Waals surface area contributed by atoms with Crippen molar-refractivity contribution in [2.24, 2.45) is 5.92 Å². The number of halogens is 1. The van der Waals surface area contributed by atoms with Crippen molar-refractivity contribution in [2.45, 2.75) is 50.0 Å². The molecule has 2 aromatic rings. The van der Waals surface area contributed by atoms with Crippen LogP contribution in [0.4, 0.5) is 14.9 Å². The van der Waals surface area contributed by atoms with Crippen molar-refractivity contribution in [1.29, 1.82) is 5.26 Å². The first-order valence-electron chi connectivity index (χ1n) is 12.1. The van der Waals surface area contributed by atoms with Crippen molar-refractivity contribution in [2.75, 3.05) is 31.5 Å². The van der Waals surface area contributed by atoms with Crippen LogP contribution in [0.25, 0.3) is 0 Å². The van der Waals surface area contributed by atoms with Gasteiger partial charge in [0.15, 0.2) is 0 Å². The number of likely N-dealkylation sites (tertiary alicyclic amines) is 1. The van der Waals surface area contributed by atoms with Gasteiger partial charge in [-0.3, -0.25) is 0 Å². The van der Waals surface area contributed by atoms with Gasteiger partial charge in [-0.1, -0.05) is 18.2 Å². The summed E-state index contributed by atoms with van der Waals surface area (Å²) in [6.07, 6.45) is 6.32. The largest absolute Gasteiger partial charge is 0.322 e. The summed E-state index contributed by atoms with van der Waals surface area (Å²) in [7, 11) is 0. The molecule has 0 aromatic heterocycles. The summed E-state index contributed by atoms with van der Waals surface area (Å²) >= 11 is 0. The van der Waals surface area contributed by atoms with Gasteiger partial charge in [0.05, 0.1) is 11.6 Å². The van der Waals surface area contributed by atoms with Gasteiger partial charge >= 0.3 is 6.03 Å². The molecule has 2 saturated carbocycles. The fraction of sp³-hybridized carbons (Fsp3) is 0.481. The average Bonchev–Trinajstić information content (AvgIpc) is 3.53. The number of fused-ring (bicyclic) bond motifs is 1. The van der Waals surface area contributed by atoms with Gasteiger partial charge in [-0.25, -0.2) is 9.18 Å². The number of hydrogen-bond acceptors (Lipinski definition) is 3. The lowest BCUT2D eigenvalue weighted by Gasteiger charge is -2.38. The molecule has 1 heterocycles. The van der Waals surface area contributed by atoms with E-state index in [2.05, 4.69) is 22.4 Å². The van der Waals surface area contributed by atoms with Crippen LogP contribution in [0.3, 0.4) is 0 Å². The van der Waals surface area contributed by atoms with Crippen molar-refractivity contribution in [3.63, 3.8) is 0 Å². The van der Waals surface area contributed by atoms with E-state index in [1.54, 1.807) is 12.1 Å². The average molecular weight is 447 g/mol. The summed E-state index contributed by atoms with van der Waals surface area (Å²) in [5.41, 5.74) is 2.67. The molecule has 2 aromatic carbocycles. The number of amides is 2. The van der Waals surface area contributed by atoms with Gasteiger partial charge in [0.25, 0.3) is 0 Å². The molecule has 1 aliphatic heterocycles. The summed E-state index contributed by atoms with van der Waals surface area (Å²) in [5.74, 6) is 0.196. The van der Waals surface area contributed by atoms with Crippen molar-refractivity contribution in [3.05, 3.63) is 65.5 Å². The molecule has 172 valence electrons. The van der Waals surface area contributed by atoms with Gasteiger partial charge in [0, 0.05) is 18.3 Å². The zero-order valence-electron chi connectivity index (χ0n) is 19.0. The maximum absolute atomic E-state index is 13.6. The van der Waals surface area contributed by atoms with E-state index in [0.29, 0.717) is 18.2 Å². The summed E-state index contributed by atoms with van der Waals surface area (Å²) < 4.78 is 13.6. The second-order valence-corrected chi connectivity index (χ2v) is 9.86. The number of benzene rings is 2. The van der Waals surface area contributed by atoms with Crippen LogP contribution < -0.4 is 5.32 Å². The summed E-state index contributed by atoms with van der Waals surface area (Å²) in [5, 5.41) is 12.2. The van der Waals surface area contributed by atoms with Gasteiger partial charge in [0.1, 0.15) is 5.82 Å². The third kappa shape index (κ3) is 4.60. The second kappa shape index (κ2) is 9.15. The number of anilines is 1. The second-order valence-electron chi connectivity index (χ2n) is 9.86. The molecule has 0 bridgehead atoms. The third-order valence-corrected chi connectivity index (χ3v) is 7.88. The fourth-order valence-corrected chi connectivity index (χ4v) is 5.83. The lowest BCUT2D eigenvalue weighted by atomic mass is 9.80. The molecule has 0 radical (unpaired) electrons. The number of urea groups is 1. The van der Waals surface area contributed by atoms with E-state index < -0.39 is 0 Å². The maximum atomic E-state index is 13.6. The van der Waals surface area contributed by atoms with E-state index >= 15 is 0 Å². The molecule has 5 nitrogen and oxygen atoms in total. The molecule has 6 heteroatoms. The van der Waals surface area contributed by atoms with Crippen LogP contribution in [0.5, 0.6) is 0 Å². The number of nitrogens with zero attached hydrogens (tertiary/aromatic N) is 3. The molecule has 3 atom stereocenters. The van der Waals surface area contributed by atoms with Crippen molar-refractivity contribution < 1.29 is 9.18 Å². The molecule has 2 aliphatic carbocycles. The van der Waals surface area contributed by atoms with Gasteiger partial charge in [-0.05, 0) is 105 Å². The molecule has 1 N–H and O–H groups in total. The Bertz CT molecular complexity index is 1060. The van der Waals surface area contributed by atoms with E-state index in [0.717, 1.165) is 57.3 Å². The van der Waals surface area contributed by atoms with E-state index in [1.165, 1.54) is 24.1 Å². The molecule has 3 fully saturated rings. The quantitative estimate of drug-likeness (QED) is 0.641. The summed E-state index contributed by atoms with van der Waals surface area (Å²) in [6, 6.07) is 16.5. The Morgan fingerprint density at radius 3 is 2.82 bits per heavy atom. The van der Waals surface area contributed by atoms with Gasteiger partial charge in [-0.15, -0.1) is 0 Å². The highest BCUT2D eigenvalue weighted by atomic mass is 19.1. The van der Waals surface area contributed by atoms with Crippen LogP contribution in [0, 0.1) is 23.1 Å². The Morgan fingerprint density at radius 2 is 2.09 bits per heavy atom. The van der Waals surface area contributed by atoms with Crippen LogP contribution in [0.15, 0.2) is 48.5 Å². The summed E-state index contributed by atoms with van der Waals surface area (Å²) in [6.45, 7) is 4.05. The normalized spacial score (nSPS) is 25.9. The zero-order chi connectivity index (χ0) is 22.8. The zero-order valence-corrected chi connectivity index (χ0v) is 19.0. The maximum Gasteiger partial charge on any atom is 0.322 e. The first-order valence-corrected chi connectivity index (χ1v) is 12.1. The van der Waals surface area contributed by atoms with Gasteiger partial charge < -0.3 is 15.1 Å². The molecule has 2 amide bonds. The monoisotopic (exact) mass is 446 g/mol. The number of carbonyl (C=O) groups excluding carboxylic acids is 1. The minimum absolute atomic E-state index is 0.131. The van der Waals surface area contributed by atoms with Crippen LogP contribution in [-0.4, -0.2) is 48.1 Å². The van der Waals surface area contributed by atoms with Crippen molar-refractivity contribution in [1.82, 2.24) is 9.80 Å². The van der Waals surface area contributed by atoms with Crippen molar-refractivity contribution in [3.8, 4) is 6.07 Å². The smallest absolute Gasteiger partial charge is 0.321 e. The Morgan fingerprint density at radius 1 is 1.24 bits per heavy atom. The lowest BCUT2D eigenvalue weighted by Crippen LogP contribution is -2.47. The number of hydrogen-bond donors (Lipinski definition) is 1. The third-order valence-electron chi connectivity index (χ3n) is 7.88. The van der Waals surface area contributed by atoms with E-state index in [1.807, 2.05) is 23.1 Å². The molecular weight excluding hydrogens is 415 g/mol. The fourth-order valence-electron chi connectivity index (χ4n) is 5.83. The summed E-state index contributed by atoms with van der Waals surface area (Å²) in [4.78, 5) is 17.7. The lowest BCUT2D eigenvalue weighted by molar-refractivity contribution is 0.141. The highest BCUT2D eigenvalue weighted by molar-refractivity contribution is 5.89. The van der Waals surface area contributed by atoms with E-state index in [-0.39, 0.29) is 23.3 Å². The first kappa shape index (κ1) is 21.9. The topological polar surface area (TPSA) is 59.4 Å². The first-order chi connectivity index (χ1) is 16.1. The molecule has 1 saturated heterocycles. The van der Waals surface area contributed by atoms with Crippen molar-refractivity contribution >= 4 is 11.7 Å². The van der Waals surface area contributed by atoms with E-state index in [9.17, 15) is 14.4 Å². The predicted molar refractivity (Wildman–Crippen MR) is 126 cm³/mol. The number of nitrogens with one attached hydrogen (secondary N) is 1. The number of rotatable bonds is 7. The molecule has 5 rings (SSSR count). The highest BCUT2D eigenvalue weighted by Gasteiger charge is 2.58. The number of nitriles is 1. The SMILES string of the molecule is N#Cc1cccc([C@]23CC[C@@H](N(CCCN4CCC4)C(=O)Nc4cccc(F)c4)CC2C3)c1. The Labute approximate surface area is 195 Å². The molecule has 0 spiro atoms. The van der Waals surface area contributed by atoms with Crippen LogP contribution >= 0.6 is 0 Å². The predicted octanol–water partition coefficient (Wildman–Crippen LogP) is 5.14. The molecule has 1 unspecified atom stereocenters. The van der Waals surface area contributed by atoms with Gasteiger partial charge in [-0.2, -0.15) is 5.26 Å². The van der Waals surface area contributed by atoms with Gasteiger partial charge in [0.2, 0.25) is 0 Å². The highest BCUT2D eigenvalue weighted by Crippen LogP contribution is 2.62. The van der Waals surface area contributed by atoms with Crippen LogP contribution in [0.2, 0.25) is 0 Å². The molecular formula is C27H31FN4O. The minimum Gasteiger partial charge on any atom is -0.321 e. The minimum atomic E-state index is -0.350. The number of carbonyl (C=O) groups is 1. The van der Waals surface area contributed by atoms with E-state index in [4.69, 9.17) is 0 Å². The Kier molecular flexibility index (Phi) is 6.07. The molecule has 33 heavy (non-hydrogen) atoms. The molecule has 3 aliphatic rings.